The summed E-state index contributed by atoms with van der Waals surface area (Å²) < 4.78 is 15.7. The minimum absolute atomic E-state index is 0.0466. The number of ether oxygens (including phenoxy) is 3. The molecular weight excluding hydrogens is 246 g/mol. The third-order valence-electron chi connectivity index (χ3n) is 3.65. The van der Waals surface area contributed by atoms with E-state index in [9.17, 15) is 4.79 Å². The lowest BCUT2D eigenvalue weighted by molar-refractivity contribution is 0.0767. The molecule has 2 atom stereocenters. The fourth-order valence-electron chi connectivity index (χ4n) is 2.19. The Kier molecular flexibility index (Phi) is 3.78. The fourth-order valence-corrected chi connectivity index (χ4v) is 2.19. The van der Waals surface area contributed by atoms with E-state index in [0.717, 1.165) is 0 Å². The van der Waals surface area contributed by atoms with Crippen molar-refractivity contribution in [2.45, 2.75) is 13.0 Å². The molecule has 5 nitrogen and oxygen atoms in total. The molecule has 2 N–H and O–H groups in total. The first-order valence-electron chi connectivity index (χ1n) is 6.12. The second-order valence-corrected chi connectivity index (χ2v) is 4.97. The van der Waals surface area contributed by atoms with Gasteiger partial charge in [-0.3, -0.25) is 4.79 Å². The summed E-state index contributed by atoms with van der Waals surface area (Å²) in [6.45, 7) is 2.58. The Balaban J connectivity index is 2.38. The van der Waals surface area contributed by atoms with Crippen LogP contribution in [0.4, 0.5) is 0 Å². The van der Waals surface area contributed by atoms with E-state index in [2.05, 4.69) is 0 Å². The summed E-state index contributed by atoms with van der Waals surface area (Å²) >= 11 is 0. The number of nitrogens with two attached hydrogens (primary N) is 1. The van der Waals surface area contributed by atoms with Crippen molar-refractivity contribution in [1.29, 1.82) is 0 Å². The third kappa shape index (κ3) is 2.43. The average molecular weight is 265 g/mol. The van der Waals surface area contributed by atoms with Crippen molar-refractivity contribution in [2.75, 3.05) is 27.4 Å². The molecule has 1 heterocycles. The van der Waals surface area contributed by atoms with Crippen LogP contribution in [-0.2, 0) is 4.74 Å². The van der Waals surface area contributed by atoms with Crippen molar-refractivity contribution in [3.05, 3.63) is 23.8 Å². The van der Waals surface area contributed by atoms with Crippen LogP contribution < -0.4 is 15.2 Å². The highest BCUT2D eigenvalue weighted by atomic mass is 16.5. The van der Waals surface area contributed by atoms with E-state index in [1.807, 2.05) is 6.92 Å². The van der Waals surface area contributed by atoms with Gasteiger partial charge in [-0.25, -0.2) is 0 Å². The smallest absolute Gasteiger partial charge is 0.172 e. The van der Waals surface area contributed by atoms with E-state index >= 15 is 0 Å². The van der Waals surface area contributed by atoms with E-state index in [1.165, 1.54) is 0 Å². The molecule has 1 aromatic rings. The number of carbonyl (C=O) groups is 1. The van der Waals surface area contributed by atoms with E-state index < -0.39 is 5.41 Å². The molecule has 1 aliphatic rings. The summed E-state index contributed by atoms with van der Waals surface area (Å²) in [5, 5.41) is 0. The van der Waals surface area contributed by atoms with Crippen molar-refractivity contribution < 1.29 is 19.0 Å². The first-order chi connectivity index (χ1) is 9.01. The van der Waals surface area contributed by atoms with Gasteiger partial charge in [-0.2, -0.15) is 0 Å². The molecule has 2 unspecified atom stereocenters. The average Bonchev–Trinajstić information content (AvgIpc) is 2.78. The SMILES string of the molecule is COc1cc(OC)cc(C(=O)C2(C)COCC2N)c1. The zero-order valence-corrected chi connectivity index (χ0v) is 11.4. The molecule has 0 amide bonds. The number of methoxy groups -OCH3 is 2. The molecule has 0 radical (unpaired) electrons. The molecule has 1 aliphatic heterocycles. The third-order valence-corrected chi connectivity index (χ3v) is 3.65. The lowest BCUT2D eigenvalue weighted by Gasteiger charge is -2.25. The van der Waals surface area contributed by atoms with Gasteiger partial charge in [-0.1, -0.05) is 0 Å². The Hall–Kier alpha value is -1.59. The van der Waals surface area contributed by atoms with Crippen LogP contribution in [0.15, 0.2) is 18.2 Å². The highest BCUT2D eigenvalue weighted by Gasteiger charge is 2.44. The van der Waals surface area contributed by atoms with E-state index in [0.29, 0.717) is 30.3 Å². The Morgan fingerprint density at radius 1 is 1.32 bits per heavy atom. The van der Waals surface area contributed by atoms with Gasteiger partial charge in [-0.15, -0.1) is 0 Å². The van der Waals surface area contributed by atoms with Gasteiger partial charge in [0.2, 0.25) is 0 Å². The van der Waals surface area contributed by atoms with Crippen molar-refractivity contribution in [3.8, 4) is 11.5 Å². The van der Waals surface area contributed by atoms with Crippen LogP contribution in [0.2, 0.25) is 0 Å². The van der Waals surface area contributed by atoms with Gasteiger partial charge in [0, 0.05) is 17.7 Å². The van der Waals surface area contributed by atoms with Crippen LogP contribution in [0, 0.1) is 5.41 Å². The zero-order valence-electron chi connectivity index (χ0n) is 11.4. The predicted octanol–water partition coefficient (Wildman–Crippen LogP) is 1.25. The Bertz CT molecular complexity index is 466. The normalized spacial score (nSPS) is 26.2. The van der Waals surface area contributed by atoms with Gasteiger partial charge in [0.25, 0.3) is 0 Å². The maximum atomic E-state index is 12.6. The van der Waals surface area contributed by atoms with Crippen LogP contribution in [0.1, 0.15) is 17.3 Å². The molecule has 1 fully saturated rings. The van der Waals surface area contributed by atoms with Gasteiger partial charge >= 0.3 is 0 Å². The highest BCUT2D eigenvalue weighted by Crippen LogP contribution is 2.33. The van der Waals surface area contributed by atoms with Gasteiger partial charge < -0.3 is 19.9 Å². The summed E-state index contributed by atoms with van der Waals surface area (Å²) in [6.07, 6.45) is 0. The summed E-state index contributed by atoms with van der Waals surface area (Å²) in [5.74, 6) is 1.12. The molecule has 2 rings (SSSR count). The lowest BCUT2D eigenvalue weighted by Crippen LogP contribution is -2.44. The Labute approximate surface area is 112 Å². The van der Waals surface area contributed by atoms with Gasteiger partial charge in [0.15, 0.2) is 5.78 Å². The molecule has 19 heavy (non-hydrogen) atoms. The highest BCUT2D eigenvalue weighted by molar-refractivity contribution is 6.01. The molecule has 0 bridgehead atoms. The molecule has 0 aliphatic carbocycles. The van der Waals surface area contributed by atoms with Crippen LogP contribution in [0.25, 0.3) is 0 Å². The van der Waals surface area contributed by atoms with Gasteiger partial charge in [0.1, 0.15) is 11.5 Å². The van der Waals surface area contributed by atoms with Crippen molar-refractivity contribution in [3.63, 3.8) is 0 Å². The topological polar surface area (TPSA) is 70.8 Å². The molecule has 0 aromatic heterocycles. The maximum absolute atomic E-state index is 12.6. The maximum Gasteiger partial charge on any atom is 0.172 e. The zero-order chi connectivity index (χ0) is 14.0. The number of Topliss-reactive ketones (excluding diaryl/α,β-unsaturated/α-hetero) is 1. The van der Waals surface area contributed by atoms with Gasteiger partial charge in [-0.05, 0) is 19.1 Å². The lowest BCUT2D eigenvalue weighted by atomic mass is 9.78. The first-order valence-corrected chi connectivity index (χ1v) is 6.12. The number of ketones is 1. The largest absolute Gasteiger partial charge is 0.497 e. The second kappa shape index (κ2) is 5.19. The summed E-state index contributed by atoms with van der Waals surface area (Å²) in [7, 11) is 3.10. The van der Waals surface area contributed by atoms with Crippen LogP contribution in [-0.4, -0.2) is 39.3 Å². The predicted molar refractivity (Wildman–Crippen MR) is 70.8 cm³/mol. The molecular formula is C14H19NO4. The summed E-state index contributed by atoms with van der Waals surface area (Å²) in [5.41, 5.74) is 5.81. The number of carbonyl (C=O) groups excluding carboxylic acids is 1. The second-order valence-electron chi connectivity index (χ2n) is 4.97. The standard InChI is InChI=1S/C14H19NO4/c1-14(8-19-7-12(14)15)13(16)9-4-10(17-2)6-11(5-9)18-3/h4-6,12H,7-8,15H2,1-3H3. The molecule has 1 aromatic carbocycles. The van der Waals surface area contributed by atoms with E-state index in [1.54, 1.807) is 32.4 Å². The first kappa shape index (κ1) is 13.8. The van der Waals surface area contributed by atoms with Crippen LogP contribution >= 0.6 is 0 Å². The van der Waals surface area contributed by atoms with E-state index in [-0.39, 0.29) is 11.8 Å². The van der Waals surface area contributed by atoms with Crippen LogP contribution in [0.5, 0.6) is 11.5 Å². The Morgan fingerprint density at radius 2 is 1.89 bits per heavy atom. The quantitative estimate of drug-likeness (QED) is 0.830. The summed E-state index contributed by atoms with van der Waals surface area (Å²) in [4.78, 5) is 12.6. The van der Waals surface area contributed by atoms with Crippen molar-refractivity contribution in [2.24, 2.45) is 11.1 Å². The number of benzene rings is 1. The van der Waals surface area contributed by atoms with Crippen LogP contribution in [0.3, 0.4) is 0 Å². The van der Waals surface area contributed by atoms with Crippen molar-refractivity contribution >= 4 is 5.78 Å². The minimum atomic E-state index is -0.697. The minimum Gasteiger partial charge on any atom is -0.497 e. The summed E-state index contributed by atoms with van der Waals surface area (Å²) in [6, 6.07) is 4.82. The fraction of sp³-hybridized carbons (Fsp3) is 0.500. The monoisotopic (exact) mass is 265 g/mol. The van der Waals surface area contributed by atoms with Gasteiger partial charge in [0.05, 0.1) is 32.8 Å². The molecule has 0 spiro atoms. The van der Waals surface area contributed by atoms with E-state index in [4.69, 9.17) is 19.9 Å². The molecule has 5 heteroatoms. The number of hydrogen-bond acceptors (Lipinski definition) is 5. The molecule has 104 valence electrons. The molecule has 1 saturated heterocycles. The Morgan fingerprint density at radius 3 is 2.32 bits per heavy atom. The van der Waals surface area contributed by atoms with Crippen molar-refractivity contribution in [1.82, 2.24) is 0 Å². The molecule has 0 saturated carbocycles. The number of rotatable bonds is 4. The number of hydrogen-bond donors (Lipinski definition) is 1.